The first kappa shape index (κ1) is 47.6. The molecule has 0 atom stereocenters. The van der Waals surface area contributed by atoms with Gasteiger partial charge in [0.2, 0.25) is 0 Å². The molecule has 0 saturated heterocycles. The monoisotopic (exact) mass is 739 g/mol. The van der Waals surface area contributed by atoms with Gasteiger partial charge >= 0.3 is 30.3 Å². The number of carbonyl (C=O) groups excluding carboxylic acids is 5. The minimum Gasteiger partial charge on any atom is -0.338 e. The Hall–Kier alpha value is -4.44. The van der Waals surface area contributed by atoms with Gasteiger partial charge in [-0.2, -0.15) is 0 Å². The molecule has 0 fully saturated rings. The molecule has 0 unspecified atom stereocenters. The Labute approximate surface area is 309 Å². The topological polar surface area (TPSA) is 214 Å². The van der Waals surface area contributed by atoms with Crippen LogP contribution < -0.4 is 26.6 Å². The van der Waals surface area contributed by atoms with Gasteiger partial charge in [0.05, 0.1) is 17.1 Å². The van der Waals surface area contributed by atoms with E-state index in [4.69, 9.17) is 14.5 Å². The van der Waals surface area contributed by atoms with Gasteiger partial charge in [0.15, 0.2) is 0 Å². The zero-order chi connectivity index (χ0) is 38.8. The van der Waals surface area contributed by atoms with Gasteiger partial charge in [-0.1, -0.05) is 74.8 Å². The third-order valence-electron chi connectivity index (χ3n) is 7.75. The van der Waals surface area contributed by atoms with Crippen LogP contribution in [0.3, 0.4) is 0 Å². The molecule has 0 rings (SSSR count). The maximum Gasteiger partial charge on any atom is 0.433 e. The number of hydrogen-bond acceptors (Lipinski definition) is 11. The Morgan fingerprint density at radius 1 is 0.423 bits per heavy atom. The highest BCUT2D eigenvalue weighted by Gasteiger charge is 2.20. The number of rotatable bonds is 27. The first-order valence-electron chi connectivity index (χ1n) is 18.8. The number of oxime groups is 3. The fraction of sp³-hybridized carbons (Fsp3) is 0.771. The zero-order valence-electron chi connectivity index (χ0n) is 32.4. The number of amides is 7. The number of hydrogen-bond donors (Lipinski definition) is 5. The first-order valence-corrected chi connectivity index (χ1v) is 18.8. The Morgan fingerprint density at radius 2 is 0.692 bits per heavy atom. The molecule has 0 heterocycles. The van der Waals surface area contributed by atoms with E-state index in [1.54, 1.807) is 20.8 Å². The van der Waals surface area contributed by atoms with Crippen LogP contribution in [0.15, 0.2) is 15.5 Å². The Morgan fingerprint density at radius 3 is 0.981 bits per heavy atom. The van der Waals surface area contributed by atoms with E-state index in [1.807, 2.05) is 20.8 Å². The van der Waals surface area contributed by atoms with Gasteiger partial charge in [-0.05, 0) is 78.6 Å². The second kappa shape index (κ2) is 32.5. The molecule has 5 N–H and O–H groups in total. The van der Waals surface area contributed by atoms with Gasteiger partial charge in [0.1, 0.15) is 0 Å². The Balaban J connectivity index is 4.55. The predicted molar refractivity (Wildman–Crippen MR) is 203 cm³/mol. The number of imide groups is 1. The molecule has 0 aromatic rings. The van der Waals surface area contributed by atoms with Crippen LogP contribution in [0.1, 0.15) is 138 Å². The van der Waals surface area contributed by atoms with Crippen LogP contribution in [-0.4, -0.2) is 91.6 Å². The van der Waals surface area contributed by atoms with Crippen LogP contribution in [0.5, 0.6) is 0 Å². The Kier molecular flexibility index (Phi) is 29.7. The SMILES string of the molecule is CC/C(C)=N\OC(=O)NCCCCCCN(C(=O)NCCCCCCNC(=O)O/N=C(\C)CC)C(=O)NCCCCCCNC(=O)O/N=C(\C)CC. The Bertz CT molecular complexity index is 1070. The van der Waals surface area contributed by atoms with Crippen molar-refractivity contribution in [1.82, 2.24) is 31.5 Å². The fourth-order valence-electron chi connectivity index (χ4n) is 4.05. The third kappa shape index (κ3) is 28.3. The highest BCUT2D eigenvalue weighted by Crippen LogP contribution is 2.05. The molecule has 0 aliphatic carbocycles. The maximum absolute atomic E-state index is 13.0. The molecule has 0 aliphatic heterocycles. The average molecular weight is 740 g/mol. The van der Waals surface area contributed by atoms with Gasteiger partial charge in [0, 0.05) is 39.3 Å². The van der Waals surface area contributed by atoms with E-state index in [2.05, 4.69) is 42.1 Å². The van der Waals surface area contributed by atoms with Crippen LogP contribution >= 0.6 is 0 Å². The molecule has 0 aromatic heterocycles. The lowest BCUT2D eigenvalue weighted by atomic mass is 10.2. The quantitative estimate of drug-likeness (QED) is 0.0257. The van der Waals surface area contributed by atoms with E-state index in [-0.39, 0.29) is 6.54 Å². The molecule has 7 amide bonds. The smallest absolute Gasteiger partial charge is 0.338 e. The highest BCUT2D eigenvalue weighted by molar-refractivity contribution is 5.93. The summed E-state index contributed by atoms with van der Waals surface area (Å²) < 4.78 is 0. The summed E-state index contributed by atoms with van der Waals surface area (Å²) in [4.78, 5) is 76.5. The third-order valence-corrected chi connectivity index (χ3v) is 7.75. The molecule has 298 valence electrons. The van der Waals surface area contributed by atoms with Crippen molar-refractivity contribution in [2.24, 2.45) is 15.5 Å². The number of unbranched alkanes of at least 4 members (excludes halogenated alkanes) is 9. The van der Waals surface area contributed by atoms with E-state index < -0.39 is 30.3 Å². The first-order chi connectivity index (χ1) is 25.0. The molecule has 52 heavy (non-hydrogen) atoms. The van der Waals surface area contributed by atoms with Crippen molar-refractivity contribution in [3.63, 3.8) is 0 Å². The lowest BCUT2D eigenvalue weighted by Crippen LogP contribution is -2.49. The molecule has 17 nitrogen and oxygen atoms in total. The van der Waals surface area contributed by atoms with E-state index >= 15 is 0 Å². The van der Waals surface area contributed by atoms with Crippen LogP contribution in [0, 0.1) is 0 Å². The van der Waals surface area contributed by atoms with Crippen molar-refractivity contribution >= 4 is 47.5 Å². The van der Waals surface area contributed by atoms with Crippen LogP contribution in [0.4, 0.5) is 24.0 Å². The van der Waals surface area contributed by atoms with E-state index in [0.717, 1.165) is 87.8 Å². The van der Waals surface area contributed by atoms with E-state index in [9.17, 15) is 24.0 Å². The van der Waals surface area contributed by atoms with Gasteiger partial charge in [0.25, 0.3) is 0 Å². The number of nitrogens with one attached hydrogen (secondary N) is 5. The van der Waals surface area contributed by atoms with Crippen molar-refractivity contribution in [1.29, 1.82) is 0 Å². The van der Waals surface area contributed by atoms with Crippen LogP contribution in [0.25, 0.3) is 0 Å². The van der Waals surface area contributed by atoms with Crippen molar-refractivity contribution in [3.8, 4) is 0 Å². The predicted octanol–water partition coefficient (Wildman–Crippen LogP) is 6.93. The number of urea groups is 2. The van der Waals surface area contributed by atoms with Gasteiger partial charge in [-0.15, -0.1) is 0 Å². The summed E-state index contributed by atoms with van der Waals surface area (Å²) in [5, 5.41) is 24.8. The molecular formula is C35H65N9O8. The standard InChI is InChI=1S/C35H65N9O8/c1-7-28(4)41-50-33(47)38-24-18-12-10-16-22-36-31(45)44(27-21-15-14-20-26-40-35(49)52-43-30(6)9-3)32(46)37-23-17-11-13-19-25-39-34(48)51-42-29(5)8-2/h7-27H2,1-6H3,(H,36,45)(H,37,46)(H,38,47)(H,39,48)(H,40,49)/b41-28+,42-29+,43-30-. The molecular weight excluding hydrogens is 674 g/mol. The highest BCUT2D eigenvalue weighted by atomic mass is 16.7. The van der Waals surface area contributed by atoms with Crippen molar-refractivity contribution < 1.29 is 38.5 Å². The zero-order valence-corrected chi connectivity index (χ0v) is 32.4. The summed E-state index contributed by atoms with van der Waals surface area (Å²) in [6.07, 6.45) is 9.59. The van der Waals surface area contributed by atoms with E-state index in [0.29, 0.717) is 58.4 Å². The summed E-state index contributed by atoms with van der Waals surface area (Å²) in [7, 11) is 0. The molecule has 0 aromatic carbocycles. The second-order valence-corrected chi connectivity index (χ2v) is 12.3. The minimum atomic E-state index is -0.596. The maximum atomic E-state index is 13.0. The van der Waals surface area contributed by atoms with Gasteiger partial charge in [-0.25, -0.2) is 28.9 Å². The molecule has 0 bridgehead atoms. The molecule has 0 spiro atoms. The lowest BCUT2D eigenvalue weighted by Gasteiger charge is -2.22. The van der Waals surface area contributed by atoms with Gasteiger partial charge < -0.3 is 26.6 Å². The largest absolute Gasteiger partial charge is 0.433 e. The summed E-state index contributed by atoms with van der Waals surface area (Å²) in [5.74, 6) is 0. The summed E-state index contributed by atoms with van der Waals surface area (Å²) in [6.45, 7) is 13.6. The summed E-state index contributed by atoms with van der Waals surface area (Å²) >= 11 is 0. The number of carbonyl (C=O) groups is 5. The van der Waals surface area contributed by atoms with Crippen LogP contribution in [0.2, 0.25) is 0 Å². The normalized spacial score (nSPS) is 11.7. The van der Waals surface area contributed by atoms with E-state index in [1.165, 1.54) is 4.90 Å². The molecule has 0 saturated carbocycles. The number of nitrogens with zero attached hydrogens (tertiary/aromatic N) is 4. The lowest BCUT2D eigenvalue weighted by molar-refractivity contribution is 0.149. The van der Waals surface area contributed by atoms with Crippen molar-refractivity contribution in [2.45, 2.75) is 138 Å². The molecule has 0 aliphatic rings. The van der Waals surface area contributed by atoms with Crippen LogP contribution in [-0.2, 0) is 14.5 Å². The summed E-state index contributed by atoms with van der Waals surface area (Å²) in [6, 6.07) is -0.901. The average Bonchev–Trinajstić information content (AvgIpc) is 3.14. The summed E-state index contributed by atoms with van der Waals surface area (Å²) in [5.41, 5.74) is 2.19. The van der Waals surface area contributed by atoms with Crippen molar-refractivity contribution in [2.75, 3.05) is 39.3 Å². The second-order valence-electron chi connectivity index (χ2n) is 12.3. The fourth-order valence-corrected chi connectivity index (χ4v) is 4.05. The van der Waals surface area contributed by atoms with Gasteiger partial charge in [-0.3, -0.25) is 14.5 Å². The van der Waals surface area contributed by atoms with Crippen molar-refractivity contribution in [3.05, 3.63) is 0 Å². The minimum absolute atomic E-state index is 0.255. The molecule has 0 radical (unpaired) electrons. The molecule has 17 heteroatoms.